The van der Waals surface area contributed by atoms with Crippen LogP contribution in [0.1, 0.15) is 0 Å². The minimum Gasteiger partial charge on any atom is -0.208 e. The third kappa shape index (κ3) is 5.54. The highest BCUT2D eigenvalue weighted by Crippen LogP contribution is 2.43. The summed E-state index contributed by atoms with van der Waals surface area (Å²) in [7, 11) is 0. The van der Waals surface area contributed by atoms with Gasteiger partial charge in [0.2, 0.25) is 0 Å². The largest absolute Gasteiger partial charge is 0.208 e. The molecule has 2 heterocycles. The normalized spacial score (nSPS) is 11.6. The Morgan fingerprint density at radius 1 is 0.309 bits per heavy atom. The molecule has 9 aromatic carbocycles. The van der Waals surface area contributed by atoms with Gasteiger partial charge in [0.15, 0.2) is 17.5 Å². The lowest BCUT2D eigenvalue weighted by molar-refractivity contribution is 1.08. The molecule has 0 atom stereocenters. The number of benzene rings is 9. The molecule has 55 heavy (non-hydrogen) atoms. The van der Waals surface area contributed by atoms with Crippen LogP contribution >= 0.6 is 11.3 Å². The zero-order valence-electron chi connectivity index (χ0n) is 29.6. The van der Waals surface area contributed by atoms with Gasteiger partial charge < -0.3 is 0 Å². The zero-order chi connectivity index (χ0) is 36.3. The summed E-state index contributed by atoms with van der Waals surface area (Å²) in [4.78, 5) is 15.3. The monoisotopic (exact) mass is 717 g/mol. The number of nitrogens with zero attached hydrogens (tertiary/aromatic N) is 3. The second-order valence-electron chi connectivity index (χ2n) is 14.0. The second kappa shape index (κ2) is 12.8. The molecular weight excluding hydrogens is 687 g/mol. The van der Waals surface area contributed by atoms with E-state index in [1.807, 2.05) is 11.3 Å². The number of rotatable bonds is 5. The van der Waals surface area contributed by atoms with Crippen molar-refractivity contribution in [1.82, 2.24) is 15.0 Å². The van der Waals surface area contributed by atoms with Gasteiger partial charge in [0.25, 0.3) is 0 Å². The summed E-state index contributed by atoms with van der Waals surface area (Å²) >= 11 is 1.88. The topological polar surface area (TPSA) is 38.7 Å². The van der Waals surface area contributed by atoms with Gasteiger partial charge in [0.1, 0.15) is 0 Å². The molecular formula is C51H31N3S. The summed E-state index contributed by atoms with van der Waals surface area (Å²) in [5.41, 5.74) is 7.54. The maximum Gasteiger partial charge on any atom is 0.164 e. The van der Waals surface area contributed by atoms with Crippen LogP contribution in [0.15, 0.2) is 188 Å². The summed E-state index contributed by atoms with van der Waals surface area (Å²) in [6.07, 6.45) is 0. The van der Waals surface area contributed by atoms with Crippen molar-refractivity contribution >= 4 is 63.8 Å². The Labute approximate surface area is 321 Å². The van der Waals surface area contributed by atoms with E-state index in [1.54, 1.807) is 0 Å². The van der Waals surface area contributed by atoms with Gasteiger partial charge in [0.05, 0.1) is 0 Å². The van der Waals surface area contributed by atoms with Crippen molar-refractivity contribution in [3.05, 3.63) is 188 Å². The third-order valence-electron chi connectivity index (χ3n) is 10.7. The van der Waals surface area contributed by atoms with E-state index in [0.717, 1.165) is 38.6 Å². The second-order valence-corrected chi connectivity index (χ2v) is 15.1. The molecule has 0 bridgehead atoms. The molecule has 0 amide bonds. The first-order chi connectivity index (χ1) is 27.2. The average Bonchev–Trinajstić information content (AvgIpc) is 3.66. The van der Waals surface area contributed by atoms with E-state index in [9.17, 15) is 0 Å². The highest BCUT2D eigenvalue weighted by Gasteiger charge is 2.16. The van der Waals surface area contributed by atoms with Crippen LogP contribution in [0.2, 0.25) is 0 Å². The quantitative estimate of drug-likeness (QED) is 0.178. The molecule has 0 fully saturated rings. The van der Waals surface area contributed by atoms with Gasteiger partial charge in [0, 0.05) is 36.9 Å². The standard InChI is InChI=1S/C51H31N3S/c1-3-13-35-29-41(24-22-32(35)10-1)50-52-49(53-51(54-50)42-25-23-33-11-2-4-14-36(33)30-42)40-18-8-16-38(31-40)37-15-7-17-39(28-37)44-20-9-21-45-47-43-19-6-5-12-34(43)26-27-46(47)55-48(44)45/h1-31H. The molecule has 4 heteroatoms. The van der Waals surface area contributed by atoms with E-state index in [4.69, 9.17) is 15.0 Å². The van der Waals surface area contributed by atoms with Gasteiger partial charge in [-0.15, -0.1) is 11.3 Å². The minimum atomic E-state index is 0.640. The molecule has 0 N–H and O–H groups in total. The Balaban J connectivity index is 1.03. The van der Waals surface area contributed by atoms with Crippen LogP contribution in [-0.4, -0.2) is 15.0 Å². The molecule has 256 valence electrons. The molecule has 0 saturated heterocycles. The Kier molecular flexibility index (Phi) is 7.35. The summed E-state index contributed by atoms with van der Waals surface area (Å²) < 4.78 is 2.63. The Hall–Kier alpha value is -7.01. The molecule has 0 spiro atoms. The van der Waals surface area contributed by atoms with Crippen LogP contribution in [0.5, 0.6) is 0 Å². The van der Waals surface area contributed by atoms with E-state index in [2.05, 4.69) is 188 Å². The number of aromatic nitrogens is 3. The first kappa shape index (κ1) is 31.5. The maximum absolute atomic E-state index is 5.12. The van der Waals surface area contributed by atoms with Crippen LogP contribution in [0, 0.1) is 0 Å². The fourth-order valence-electron chi connectivity index (χ4n) is 7.92. The van der Waals surface area contributed by atoms with Crippen molar-refractivity contribution < 1.29 is 0 Å². The Morgan fingerprint density at radius 2 is 0.782 bits per heavy atom. The molecule has 0 aliphatic carbocycles. The predicted octanol–water partition coefficient (Wildman–Crippen LogP) is 14.0. The van der Waals surface area contributed by atoms with Crippen LogP contribution in [0.3, 0.4) is 0 Å². The van der Waals surface area contributed by atoms with Gasteiger partial charge in [-0.05, 0) is 84.9 Å². The summed E-state index contributed by atoms with van der Waals surface area (Å²) in [6.45, 7) is 0. The first-order valence-corrected chi connectivity index (χ1v) is 19.3. The van der Waals surface area contributed by atoms with Gasteiger partial charge >= 0.3 is 0 Å². The lowest BCUT2D eigenvalue weighted by Crippen LogP contribution is -2.00. The van der Waals surface area contributed by atoms with Crippen LogP contribution in [-0.2, 0) is 0 Å². The molecule has 0 saturated carbocycles. The minimum absolute atomic E-state index is 0.640. The number of hydrogen-bond acceptors (Lipinski definition) is 4. The molecule has 0 unspecified atom stereocenters. The summed E-state index contributed by atoms with van der Waals surface area (Å²) in [6, 6.07) is 67.0. The van der Waals surface area contributed by atoms with Gasteiger partial charge in [-0.1, -0.05) is 158 Å². The maximum atomic E-state index is 5.12. The third-order valence-corrected chi connectivity index (χ3v) is 11.9. The van der Waals surface area contributed by atoms with E-state index in [-0.39, 0.29) is 0 Å². The number of fused-ring (bicyclic) bond motifs is 7. The lowest BCUT2D eigenvalue weighted by atomic mass is 9.96. The molecule has 3 nitrogen and oxygen atoms in total. The lowest BCUT2D eigenvalue weighted by Gasteiger charge is -2.11. The Morgan fingerprint density at radius 3 is 1.44 bits per heavy atom. The zero-order valence-corrected chi connectivity index (χ0v) is 30.5. The van der Waals surface area contributed by atoms with E-state index >= 15 is 0 Å². The van der Waals surface area contributed by atoms with E-state index in [1.165, 1.54) is 52.8 Å². The molecule has 0 aliphatic rings. The average molecular weight is 718 g/mol. The Bertz CT molecular complexity index is 3190. The van der Waals surface area contributed by atoms with Crippen molar-refractivity contribution in [2.24, 2.45) is 0 Å². The smallest absolute Gasteiger partial charge is 0.164 e. The van der Waals surface area contributed by atoms with Crippen LogP contribution in [0.4, 0.5) is 0 Å². The number of hydrogen-bond donors (Lipinski definition) is 0. The van der Waals surface area contributed by atoms with Gasteiger partial charge in [-0.25, -0.2) is 15.0 Å². The highest BCUT2D eigenvalue weighted by molar-refractivity contribution is 7.26. The van der Waals surface area contributed by atoms with Crippen LogP contribution < -0.4 is 0 Å². The highest BCUT2D eigenvalue weighted by atomic mass is 32.1. The molecule has 0 aliphatic heterocycles. The van der Waals surface area contributed by atoms with E-state index in [0.29, 0.717) is 17.5 Å². The molecule has 11 aromatic rings. The van der Waals surface area contributed by atoms with Crippen molar-refractivity contribution in [2.75, 3.05) is 0 Å². The first-order valence-electron chi connectivity index (χ1n) is 18.5. The SMILES string of the molecule is c1cc(-c2cccc(-c3cccc4c3sc3ccc5ccccc5c34)c2)cc(-c2nc(-c3ccc4ccccc4c3)nc(-c3ccc4ccccc4c3)n2)c1. The summed E-state index contributed by atoms with van der Waals surface area (Å²) in [5.74, 6) is 1.94. The fraction of sp³-hybridized carbons (Fsp3) is 0. The predicted molar refractivity (Wildman–Crippen MR) is 232 cm³/mol. The number of thiophene rings is 1. The van der Waals surface area contributed by atoms with Gasteiger partial charge in [-0.3, -0.25) is 0 Å². The summed E-state index contributed by atoms with van der Waals surface area (Å²) in [5, 5.41) is 9.89. The fourth-order valence-corrected chi connectivity index (χ4v) is 9.17. The molecule has 11 rings (SSSR count). The van der Waals surface area contributed by atoms with Crippen molar-refractivity contribution in [3.63, 3.8) is 0 Å². The molecule has 0 radical (unpaired) electrons. The van der Waals surface area contributed by atoms with Crippen molar-refractivity contribution in [1.29, 1.82) is 0 Å². The van der Waals surface area contributed by atoms with Gasteiger partial charge in [-0.2, -0.15) is 0 Å². The van der Waals surface area contributed by atoms with Crippen molar-refractivity contribution in [3.8, 4) is 56.4 Å². The van der Waals surface area contributed by atoms with Crippen LogP contribution in [0.25, 0.3) is 109 Å². The van der Waals surface area contributed by atoms with Crippen molar-refractivity contribution in [2.45, 2.75) is 0 Å². The molecule has 2 aromatic heterocycles. The van der Waals surface area contributed by atoms with E-state index < -0.39 is 0 Å².